The Labute approximate surface area is 178 Å². The second-order valence-corrected chi connectivity index (χ2v) is 6.44. The van der Waals surface area contributed by atoms with Gasteiger partial charge in [0.15, 0.2) is 0 Å². The van der Waals surface area contributed by atoms with E-state index in [0.29, 0.717) is 35.0 Å². The molecule has 1 aromatic heterocycles. The number of hydrogen-bond donors (Lipinski definition) is 2. The summed E-state index contributed by atoms with van der Waals surface area (Å²) >= 11 is 0. The van der Waals surface area contributed by atoms with E-state index in [9.17, 15) is 14.7 Å². The van der Waals surface area contributed by atoms with Crippen molar-refractivity contribution in [2.24, 2.45) is 4.99 Å². The number of aliphatic imine (C=N–C) groups is 1. The van der Waals surface area contributed by atoms with Gasteiger partial charge in [0.05, 0.1) is 32.7 Å². The maximum Gasteiger partial charge on any atom is 0.335 e. The Morgan fingerprint density at radius 1 is 1.00 bits per heavy atom. The number of nitrogens with one attached hydrogen (secondary N) is 1. The van der Waals surface area contributed by atoms with Gasteiger partial charge in [0, 0.05) is 6.07 Å². The van der Waals surface area contributed by atoms with Gasteiger partial charge in [-0.3, -0.25) is 9.78 Å². The third-order valence-electron chi connectivity index (χ3n) is 4.68. The minimum Gasteiger partial charge on any atom is -0.497 e. The number of aromatic hydroxyl groups is 1. The van der Waals surface area contributed by atoms with E-state index in [-0.39, 0.29) is 11.3 Å². The number of nitrogens with zero attached hydrogens (tertiary/aromatic N) is 2. The Morgan fingerprint density at radius 2 is 1.65 bits per heavy atom. The summed E-state index contributed by atoms with van der Waals surface area (Å²) in [5.41, 5.74) is -0.578. The Balaban J connectivity index is 2.22. The van der Waals surface area contributed by atoms with Gasteiger partial charge >= 0.3 is 5.69 Å². The molecule has 2 aromatic carbocycles. The van der Waals surface area contributed by atoms with E-state index in [4.69, 9.17) is 14.2 Å². The Morgan fingerprint density at radius 3 is 2.23 bits per heavy atom. The molecule has 0 spiro atoms. The lowest BCUT2D eigenvalue weighted by atomic mass is 10.1. The van der Waals surface area contributed by atoms with Crippen LogP contribution in [0.3, 0.4) is 0 Å². The molecule has 0 saturated heterocycles. The zero-order chi connectivity index (χ0) is 22.5. The van der Waals surface area contributed by atoms with Gasteiger partial charge in [-0.15, -0.1) is 0 Å². The molecule has 3 rings (SSSR count). The molecule has 0 unspecified atom stereocenters. The van der Waals surface area contributed by atoms with Crippen molar-refractivity contribution in [2.75, 3.05) is 21.3 Å². The predicted octanol–water partition coefficient (Wildman–Crippen LogP) is 2.79. The Hall–Kier alpha value is -4.01. The molecule has 0 aliphatic rings. The molecule has 162 valence electrons. The largest absolute Gasteiger partial charge is 0.497 e. The molecule has 0 amide bonds. The number of aromatic nitrogens is 2. The molecule has 0 atom stereocenters. The number of H-pyrrole nitrogens is 1. The molecule has 9 heteroatoms. The van der Waals surface area contributed by atoms with Gasteiger partial charge in [-0.1, -0.05) is 6.92 Å². The molecule has 0 aliphatic carbocycles. The summed E-state index contributed by atoms with van der Waals surface area (Å²) < 4.78 is 16.7. The molecule has 3 aromatic rings. The van der Waals surface area contributed by atoms with E-state index >= 15 is 0 Å². The molecule has 0 bridgehead atoms. The zero-order valence-electron chi connectivity index (χ0n) is 17.6. The molecule has 9 nitrogen and oxygen atoms in total. The van der Waals surface area contributed by atoms with Crippen LogP contribution < -0.4 is 25.5 Å². The molecule has 0 aliphatic heterocycles. The zero-order valence-corrected chi connectivity index (χ0v) is 17.6. The van der Waals surface area contributed by atoms with Crippen LogP contribution in [0.25, 0.3) is 5.69 Å². The van der Waals surface area contributed by atoms with Gasteiger partial charge in [-0.05, 0) is 42.8 Å². The van der Waals surface area contributed by atoms with Crippen molar-refractivity contribution in [3.63, 3.8) is 0 Å². The summed E-state index contributed by atoms with van der Waals surface area (Å²) in [5, 5.41) is 10.9. The molecule has 0 radical (unpaired) electrons. The molecule has 2 N–H and O–H groups in total. The monoisotopic (exact) mass is 425 g/mol. The van der Waals surface area contributed by atoms with Crippen LogP contribution in [0.15, 0.2) is 57.0 Å². The Kier molecular flexibility index (Phi) is 6.44. The fourth-order valence-corrected chi connectivity index (χ4v) is 3.10. The smallest absolute Gasteiger partial charge is 0.335 e. The lowest BCUT2D eigenvalue weighted by Gasteiger charge is -2.13. The van der Waals surface area contributed by atoms with Crippen LogP contribution in [-0.2, 0) is 0 Å². The van der Waals surface area contributed by atoms with E-state index in [1.54, 1.807) is 49.4 Å². The molecule has 31 heavy (non-hydrogen) atoms. The average Bonchev–Trinajstić information content (AvgIpc) is 2.78. The van der Waals surface area contributed by atoms with Crippen molar-refractivity contribution < 1.29 is 19.3 Å². The van der Waals surface area contributed by atoms with E-state index in [1.165, 1.54) is 21.3 Å². The second kappa shape index (κ2) is 9.21. The summed E-state index contributed by atoms with van der Waals surface area (Å²) in [6.45, 7) is 1.78. The quantitative estimate of drug-likeness (QED) is 0.563. The van der Waals surface area contributed by atoms with Crippen LogP contribution in [0.5, 0.6) is 23.1 Å². The molecule has 0 fully saturated rings. The van der Waals surface area contributed by atoms with Crippen LogP contribution in [0.2, 0.25) is 0 Å². The summed E-state index contributed by atoms with van der Waals surface area (Å²) in [6, 6.07) is 11.5. The van der Waals surface area contributed by atoms with Crippen LogP contribution in [0.1, 0.15) is 18.9 Å². The first-order valence-corrected chi connectivity index (χ1v) is 9.46. The highest BCUT2D eigenvalue weighted by Crippen LogP contribution is 2.33. The van der Waals surface area contributed by atoms with Crippen molar-refractivity contribution in [2.45, 2.75) is 13.3 Å². The summed E-state index contributed by atoms with van der Waals surface area (Å²) in [5.74, 6) is 1.09. The molecular weight excluding hydrogens is 402 g/mol. The van der Waals surface area contributed by atoms with E-state index in [2.05, 4.69) is 9.98 Å². The maximum atomic E-state index is 12.6. The Bertz CT molecular complexity index is 1230. The third kappa shape index (κ3) is 4.30. The second-order valence-electron chi connectivity index (χ2n) is 6.44. The van der Waals surface area contributed by atoms with Gasteiger partial charge in [0.25, 0.3) is 5.56 Å². The van der Waals surface area contributed by atoms with Gasteiger partial charge in [-0.25, -0.2) is 14.4 Å². The highest BCUT2D eigenvalue weighted by molar-refractivity contribution is 6.03. The molecule has 0 saturated carbocycles. The van der Waals surface area contributed by atoms with Crippen molar-refractivity contribution in [1.29, 1.82) is 0 Å². The number of rotatable bonds is 7. The van der Waals surface area contributed by atoms with Crippen molar-refractivity contribution >= 4 is 11.4 Å². The lowest BCUT2D eigenvalue weighted by molar-refractivity contribution is 0.404. The summed E-state index contributed by atoms with van der Waals surface area (Å²) in [4.78, 5) is 31.9. The highest BCUT2D eigenvalue weighted by atomic mass is 16.5. The van der Waals surface area contributed by atoms with Crippen LogP contribution in [0, 0.1) is 0 Å². The van der Waals surface area contributed by atoms with Crippen LogP contribution in [-0.4, -0.2) is 41.7 Å². The normalized spacial score (nSPS) is 11.3. The predicted molar refractivity (Wildman–Crippen MR) is 117 cm³/mol. The number of ether oxygens (including phenoxy) is 3. The third-order valence-corrected chi connectivity index (χ3v) is 4.68. The maximum absolute atomic E-state index is 12.6. The molecular formula is C22H23N3O6. The van der Waals surface area contributed by atoms with Gasteiger partial charge in [0.1, 0.15) is 28.5 Å². The minimum atomic E-state index is -0.772. The van der Waals surface area contributed by atoms with Crippen molar-refractivity contribution in [1.82, 2.24) is 9.55 Å². The van der Waals surface area contributed by atoms with Crippen molar-refractivity contribution in [3.05, 3.63) is 68.9 Å². The number of methoxy groups -OCH3 is 3. The van der Waals surface area contributed by atoms with E-state index in [0.717, 1.165) is 4.57 Å². The van der Waals surface area contributed by atoms with Crippen LogP contribution in [0.4, 0.5) is 5.69 Å². The van der Waals surface area contributed by atoms with Gasteiger partial charge < -0.3 is 19.3 Å². The summed E-state index contributed by atoms with van der Waals surface area (Å²) in [6.07, 6.45) is 0.303. The average molecular weight is 425 g/mol. The van der Waals surface area contributed by atoms with E-state index in [1.807, 2.05) is 0 Å². The fraction of sp³-hybridized carbons (Fsp3) is 0.227. The molecule has 1 heterocycles. The number of hydrogen-bond acceptors (Lipinski definition) is 7. The summed E-state index contributed by atoms with van der Waals surface area (Å²) in [7, 11) is 4.55. The first-order chi connectivity index (χ1) is 14.9. The highest BCUT2D eigenvalue weighted by Gasteiger charge is 2.20. The van der Waals surface area contributed by atoms with E-state index < -0.39 is 17.1 Å². The first kappa shape index (κ1) is 21.7. The fourth-order valence-electron chi connectivity index (χ4n) is 3.10. The van der Waals surface area contributed by atoms with Crippen molar-refractivity contribution in [3.8, 4) is 28.8 Å². The van der Waals surface area contributed by atoms with Gasteiger partial charge in [0.2, 0.25) is 5.88 Å². The number of benzene rings is 2. The lowest BCUT2D eigenvalue weighted by Crippen LogP contribution is -2.33. The minimum absolute atomic E-state index is 0.109. The SMILES string of the molecule is CCC(=Nc1cc(OC)ccc1OC)c1c(O)n(-c2ccc(OC)cc2)c(=O)[nH]c1=O. The first-order valence-electron chi connectivity index (χ1n) is 9.46. The standard InChI is InChI=1S/C22H23N3O6/c1-5-16(23-17-12-15(30-3)10-11-18(17)31-4)19-20(26)24-22(28)25(21(19)27)13-6-8-14(29-2)9-7-13/h6-12,27H,5H2,1-4H3,(H,24,26,28). The van der Waals surface area contributed by atoms with Gasteiger partial charge in [-0.2, -0.15) is 0 Å². The topological polar surface area (TPSA) is 115 Å². The number of aromatic amines is 1. The van der Waals surface area contributed by atoms with Crippen LogP contribution >= 0.6 is 0 Å².